The van der Waals surface area contributed by atoms with Crippen LogP contribution in [0.5, 0.6) is 0 Å². The second-order valence-electron chi connectivity index (χ2n) is 6.65. The van der Waals surface area contributed by atoms with Crippen molar-refractivity contribution in [3.63, 3.8) is 0 Å². The highest BCUT2D eigenvalue weighted by atomic mass is 32.1. The summed E-state index contributed by atoms with van der Waals surface area (Å²) in [5.74, 6) is -1.09. The standard InChI is InChI=1S/C20H22N2O4S/c23-17(6-10-21-18(24)15-7-13-27-14-15)22-11-8-20(9-12-22,19(25)26)16-4-2-1-3-5-16/h1-5,7,13-14H,6,8-12H2,(H,21,24)(H,25,26). The quantitative estimate of drug-likeness (QED) is 0.799. The van der Waals surface area contributed by atoms with Gasteiger partial charge in [-0.2, -0.15) is 11.3 Å². The highest BCUT2D eigenvalue weighted by Crippen LogP contribution is 2.36. The Morgan fingerprint density at radius 3 is 2.41 bits per heavy atom. The number of hydrogen-bond donors (Lipinski definition) is 2. The van der Waals surface area contributed by atoms with Gasteiger partial charge in [-0.05, 0) is 29.9 Å². The number of hydrogen-bond acceptors (Lipinski definition) is 4. The summed E-state index contributed by atoms with van der Waals surface area (Å²) in [5.41, 5.74) is 0.442. The number of carboxylic acid groups (broad SMARTS) is 1. The molecule has 1 aromatic heterocycles. The Bertz CT molecular complexity index is 797. The SMILES string of the molecule is O=C(NCCC(=O)N1CCC(C(=O)O)(c2ccccc2)CC1)c1ccsc1. The predicted octanol–water partition coefficient (Wildman–Crippen LogP) is 2.51. The number of carbonyl (C=O) groups excluding carboxylic acids is 2. The third kappa shape index (κ3) is 4.19. The number of likely N-dealkylation sites (tertiary alicyclic amines) is 1. The van der Waals surface area contributed by atoms with Crippen molar-refractivity contribution in [3.8, 4) is 0 Å². The molecule has 0 atom stereocenters. The van der Waals surface area contributed by atoms with Gasteiger partial charge >= 0.3 is 5.97 Å². The van der Waals surface area contributed by atoms with Gasteiger partial charge in [0.15, 0.2) is 0 Å². The molecule has 7 heteroatoms. The highest BCUT2D eigenvalue weighted by molar-refractivity contribution is 7.08. The maximum atomic E-state index is 12.4. The van der Waals surface area contributed by atoms with E-state index in [9.17, 15) is 19.5 Å². The van der Waals surface area contributed by atoms with Crippen molar-refractivity contribution >= 4 is 29.1 Å². The number of nitrogens with zero attached hydrogens (tertiary/aromatic N) is 1. The van der Waals surface area contributed by atoms with E-state index >= 15 is 0 Å². The van der Waals surface area contributed by atoms with Crippen molar-refractivity contribution in [2.24, 2.45) is 0 Å². The van der Waals surface area contributed by atoms with Gasteiger partial charge in [0.2, 0.25) is 5.91 Å². The molecule has 27 heavy (non-hydrogen) atoms. The first-order chi connectivity index (χ1) is 13.0. The summed E-state index contributed by atoms with van der Waals surface area (Å²) < 4.78 is 0. The summed E-state index contributed by atoms with van der Waals surface area (Å²) >= 11 is 1.45. The van der Waals surface area contributed by atoms with E-state index in [4.69, 9.17) is 0 Å². The van der Waals surface area contributed by atoms with Gasteiger partial charge in [0.25, 0.3) is 5.91 Å². The maximum Gasteiger partial charge on any atom is 0.314 e. The molecule has 2 N–H and O–H groups in total. The molecule has 1 aromatic carbocycles. The number of benzene rings is 1. The van der Waals surface area contributed by atoms with Crippen molar-refractivity contribution in [2.45, 2.75) is 24.7 Å². The number of rotatable bonds is 6. The van der Waals surface area contributed by atoms with E-state index in [1.807, 2.05) is 35.7 Å². The van der Waals surface area contributed by atoms with Gasteiger partial charge in [-0.1, -0.05) is 30.3 Å². The molecule has 1 fully saturated rings. The van der Waals surface area contributed by atoms with E-state index in [0.29, 0.717) is 31.5 Å². The minimum absolute atomic E-state index is 0.0623. The number of nitrogens with one attached hydrogen (secondary N) is 1. The largest absolute Gasteiger partial charge is 0.481 e. The second kappa shape index (κ2) is 8.35. The van der Waals surface area contributed by atoms with Crippen LogP contribution in [0.2, 0.25) is 0 Å². The molecule has 1 saturated heterocycles. The minimum atomic E-state index is -0.939. The number of aliphatic carboxylic acids is 1. The van der Waals surface area contributed by atoms with Gasteiger partial charge in [-0.15, -0.1) is 0 Å². The molecule has 142 valence electrons. The van der Waals surface area contributed by atoms with Crippen molar-refractivity contribution < 1.29 is 19.5 Å². The predicted molar refractivity (Wildman–Crippen MR) is 103 cm³/mol. The van der Waals surface area contributed by atoms with Crippen LogP contribution in [0.25, 0.3) is 0 Å². The molecule has 0 spiro atoms. The van der Waals surface area contributed by atoms with Gasteiger partial charge in [0, 0.05) is 37.0 Å². The summed E-state index contributed by atoms with van der Waals surface area (Å²) in [5, 5.41) is 16.1. The van der Waals surface area contributed by atoms with E-state index in [2.05, 4.69) is 5.32 Å². The molecular weight excluding hydrogens is 364 g/mol. The van der Waals surface area contributed by atoms with Crippen LogP contribution in [0.3, 0.4) is 0 Å². The molecule has 0 bridgehead atoms. The fraction of sp³-hybridized carbons (Fsp3) is 0.350. The molecule has 0 unspecified atom stereocenters. The van der Waals surface area contributed by atoms with Crippen molar-refractivity contribution in [1.29, 1.82) is 0 Å². The normalized spacial score (nSPS) is 15.9. The van der Waals surface area contributed by atoms with Gasteiger partial charge in [0.1, 0.15) is 0 Å². The molecule has 3 rings (SSSR count). The summed E-state index contributed by atoms with van der Waals surface area (Å²) in [6, 6.07) is 11.0. The second-order valence-corrected chi connectivity index (χ2v) is 7.43. The molecule has 0 radical (unpaired) electrons. The van der Waals surface area contributed by atoms with Crippen LogP contribution < -0.4 is 5.32 Å². The molecule has 1 aliphatic rings. The number of carbonyl (C=O) groups is 3. The Hall–Kier alpha value is -2.67. The van der Waals surface area contributed by atoms with E-state index in [-0.39, 0.29) is 24.8 Å². The van der Waals surface area contributed by atoms with E-state index < -0.39 is 11.4 Å². The fourth-order valence-corrected chi connectivity index (χ4v) is 4.09. The average molecular weight is 386 g/mol. The molecule has 6 nitrogen and oxygen atoms in total. The molecule has 2 heterocycles. The van der Waals surface area contributed by atoms with Crippen LogP contribution in [0.15, 0.2) is 47.2 Å². The molecule has 1 aliphatic heterocycles. The lowest BCUT2D eigenvalue weighted by molar-refractivity contribution is -0.148. The lowest BCUT2D eigenvalue weighted by Gasteiger charge is -2.39. The van der Waals surface area contributed by atoms with Crippen molar-refractivity contribution in [3.05, 3.63) is 58.3 Å². The Morgan fingerprint density at radius 1 is 1.11 bits per heavy atom. The van der Waals surface area contributed by atoms with E-state index in [1.165, 1.54) is 11.3 Å². The molecule has 2 amide bonds. The zero-order valence-electron chi connectivity index (χ0n) is 14.9. The number of thiophene rings is 1. The van der Waals surface area contributed by atoms with Crippen LogP contribution in [0, 0.1) is 0 Å². The molecule has 0 aliphatic carbocycles. The zero-order chi connectivity index (χ0) is 19.3. The van der Waals surface area contributed by atoms with Gasteiger partial charge < -0.3 is 15.3 Å². The van der Waals surface area contributed by atoms with Crippen molar-refractivity contribution in [1.82, 2.24) is 10.2 Å². The highest BCUT2D eigenvalue weighted by Gasteiger charge is 2.43. The third-order valence-electron chi connectivity index (χ3n) is 5.11. The molecule has 2 aromatic rings. The Labute approximate surface area is 161 Å². The summed E-state index contributed by atoms with van der Waals surface area (Å²) in [7, 11) is 0. The Morgan fingerprint density at radius 2 is 1.81 bits per heavy atom. The van der Waals surface area contributed by atoms with Gasteiger partial charge in [-0.3, -0.25) is 14.4 Å². The van der Waals surface area contributed by atoms with Crippen molar-refractivity contribution in [2.75, 3.05) is 19.6 Å². The Kier molecular flexibility index (Phi) is 5.91. The first-order valence-electron chi connectivity index (χ1n) is 8.90. The number of amides is 2. The summed E-state index contributed by atoms with van der Waals surface area (Å²) in [6.45, 7) is 1.07. The summed E-state index contributed by atoms with van der Waals surface area (Å²) in [6.07, 6.45) is 0.986. The monoisotopic (exact) mass is 386 g/mol. The zero-order valence-corrected chi connectivity index (χ0v) is 15.7. The van der Waals surface area contributed by atoms with Crippen LogP contribution >= 0.6 is 11.3 Å². The topological polar surface area (TPSA) is 86.7 Å². The molecule has 0 saturated carbocycles. The third-order valence-corrected chi connectivity index (χ3v) is 5.80. The first kappa shape index (κ1) is 19.1. The van der Waals surface area contributed by atoms with Crippen LogP contribution in [-0.4, -0.2) is 47.4 Å². The lowest BCUT2D eigenvalue weighted by atomic mass is 9.73. The maximum absolute atomic E-state index is 12.4. The average Bonchev–Trinajstić information content (AvgIpc) is 3.23. The smallest absolute Gasteiger partial charge is 0.314 e. The Balaban J connectivity index is 1.52. The van der Waals surface area contributed by atoms with E-state index in [0.717, 1.165) is 5.56 Å². The van der Waals surface area contributed by atoms with Gasteiger partial charge in [0.05, 0.1) is 5.41 Å². The molecular formula is C20H22N2O4S. The van der Waals surface area contributed by atoms with Gasteiger partial charge in [-0.25, -0.2) is 0 Å². The minimum Gasteiger partial charge on any atom is -0.481 e. The van der Waals surface area contributed by atoms with Crippen LogP contribution in [0.1, 0.15) is 35.2 Å². The lowest BCUT2D eigenvalue weighted by Crippen LogP contribution is -2.49. The summed E-state index contributed by atoms with van der Waals surface area (Å²) in [4.78, 5) is 38.0. The van der Waals surface area contributed by atoms with Crippen LogP contribution in [0.4, 0.5) is 0 Å². The number of carboxylic acids is 1. The van der Waals surface area contributed by atoms with Crippen LogP contribution in [-0.2, 0) is 15.0 Å². The number of piperidine rings is 1. The van der Waals surface area contributed by atoms with E-state index in [1.54, 1.807) is 16.3 Å². The first-order valence-corrected chi connectivity index (χ1v) is 9.84. The fourth-order valence-electron chi connectivity index (χ4n) is 3.46.